The Morgan fingerprint density at radius 2 is 2.05 bits per heavy atom. The second-order valence-corrected chi connectivity index (χ2v) is 10.6. The lowest BCUT2D eigenvalue weighted by molar-refractivity contribution is -0.137. The number of carbonyl (C=O) groups is 1. The SMILES string of the molecule is COc1ccc2nccc([C@H](O)CC[C@@H]3CCN(CCCCc4ccn(C)c4)C[C@H]3CCC(=O)O)c2c1. The third kappa shape index (κ3) is 7.55. The number of aliphatic hydroxyl groups excluding tert-OH is 1. The summed E-state index contributed by atoms with van der Waals surface area (Å²) in [5, 5.41) is 21.4. The largest absolute Gasteiger partial charge is 0.497 e. The third-order valence-electron chi connectivity index (χ3n) is 7.94. The summed E-state index contributed by atoms with van der Waals surface area (Å²) in [4.78, 5) is 18.3. The molecule has 7 heteroatoms. The summed E-state index contributed by atoms with van der Waals surface area (Å²) in [5.41, 5.74) is 3.11. The van der Waals surface area contributed by atoms with E-state index in [9.17, 15) is 15.0 Å². The van der Waals surface area contributed by atoms with Gasteiger partial charge in [0.2, 0.25) is 0 Å². The molecule has 4 rings (SSSR count). The lowest BCUT2D eigenvalue weighted by Gasteiger charge is -2.39. The van der Waals surface area contributed by atoms with Crippen LogP contribution in [0.1, 0.15) is 62.2 Å². The highest BCUT2D eigenvalue weighted by Crippen LogP contribution is 2.35. The number of aromatic nitrogens is 2. The van der Waals surface area contributed by atoms with Crippen molar-refractivity contribution < 1.29 is 19.7 Å². The maximum absolute atomic E-state index is 11.3. The molecular formula is C30H41N3O4. The fourth-order valence-electron chi connectivity index (χ4n) is 5.84. The molecule has 3 aromatic rings. The smallest absolute Gasteiger partial charge is 0.303 e. The summed E-state index contributed by atoms with van der Waals surface area (Å²) in [7, 11) is 3.70. The Labute approximate surface area is 220 Å². The van der Waals surface area contributed by atoms with Crippen molar-refractivity contribution in [1.82, 2.24) is 14.5 Å². The fourth-order valence-corrected chi connectivity index (χ4v) is 5.84. The van der Waals surface area contributed by atoms with E-state index in [4.69, 9.17) is 4.74 Å². The number of fused-ring (bicyclic) bond motifs is 1. The van der Waals surface area contributed by atoms with Crippen molar-refractivity contribution in [3.63, 3.8) is 0 Å². The molecule has 2 N–H and O–H groups in total. The lowest BCUT2D eigenvalue weighted by Crippen LogP contribution is -2.41. The van der Waals surface area contributed by atoms with Crippen LogP contribution in [0.25, 0.3) is 10.9 Å². The van der Waals surface area contributed by atoms with Crippen molar-refractivity contribution in [3.05, 3.63) is 60.0 Å². The van der Waals surface area contributed by atoms with Gasteiger partial charge in [0.15, 0.2) is 0 Å². The number of pyridine rings is 1. The molecular weight excluding hydrogens is 466 g/mol. The zero-order chi connectivity index (χ0) is 26.2. The predicted molar refractivity (Wildman–Crippen MR) is 146 cm³/mol. The number of likely N-dealkylation sites (tertiary alicyclic amines) is 1. The van der Waals surface area contributed by atoms with E-state index in [1.165, 1.54) is 12.0 Å². The van der Waals surface area contributed by atoms with Gasteiger partial charge in [0.25, 0.3) is 0 Å². The van der Waals surface area contributed by atoms with Crippen LogP contribution < -0.4 is 4.74 Å². The maximum Gasteiger partial charge on any atom is 0.303 e. The normalized spacial score (nSPS) is 19.2. The number of aryl methyl sites for hydroxylation is 2. The molecule has 0 radical (unpaired) electrons. The number of benzene rings is 1. The standard InChI is InChI=1S/C30H41N3O4/c1-32-17-13-22(20-32)5-3-4-16-33-18-14-23(24(21-33)7-11-30(35)36)6-10-29(34)26-12-15-31-28-9-8-25(37-2)19-27(26)28/h8-9,12-13,15,17,19-20,23-24,29,34H,3-7,10-11,14,16,18,21H2,1-2H3,(H,35,36)/t23-,24-,29-/m1/s1. The van der Waals surface area contributed by atoms with Crippen LogP contribution in [0.5, 0.6) is 5.75 Å². The number of methoxy groups -OCH3 is 1. The molecule has 0 unspecified atom stereocenters. The summed E-state index contributed by atoms with van der Waals surface area (Å²) < 4.78 is 7.47. The summed E-state index contributed by atoms with van der Waals surface area (Å²) in [5.74, 6) is 0.799. The molecule has 1 aliphatic rings. The van der Waals surface area contributed by atoms with Crippen molar-refractivity contribution in [2.75, 3.05) is 26.7 Å². The summed E-state index contributed by atoms with van der Waals surface area (Å²) in [6, 6.07) is 9.82. The monoisotopic (exact) mass is 507 g/mol. The van der Waals surface area contributed by atoms with Gasteiger partial charge in [-0.05, 0) is 111 Å². The molecule has 1 saturated heterocycles. The zero-order valence-electron chi connectivity index (χ0n) is 22.2. The molecule has 1 aliphatic heterocycles. The lowest BCUT2D eigenvalue weighted by atomic mass is 9.79. The van der Waals surface area contributed by atoms with Crippen LogP contribution in [0.4, 0.5) is 0 Å². The highest BCUT2D eigenvalue weighted by Gasteiger charge is 2.30. The molecule has 0 saturated carbocycles. The number of ether oxygens (including phenoxy) is 1. The van der Waals surface area contributed by atoms with Gasteiger partial charge in [-0.3, -0.25) is 9.78 Å². The second-order valence-electron chi connectivity index (χ2n) is 10.6. The van der Waals surface area contributed by atoms with E-state index in [-0.39, 0.29) is 6.42 Å². The first-order valence-electron chi connectivity index (χ1n) is 13.6. The van der Waals surface area contributed by atoms with E-state index < -0.39 is 12.1 Å². The first kappa shape index (κ1) is 27.1. The van der Waals surface area contributed by atoms with Crippen molar-refractivity contribution >= 4 is 16.9 Å². The number of hydrogen-bond donors (Lipinski definition) is 2. The number of hydrogen-bond acceptors (Lipinski definition) is 5. The molecule has 1 fully saturated rings. The third-order valence-corrected chi connectivity index (χ3v) is 7.94. The first-order valence-corrected chi connectivity index (χ1v) is 13.6. The molecule has 3 heterocycles. The molecule has 0 amide bonds. The highest BCUT2D eigenvalue weighted by molar-refractivity contribution is 5.83. The van der Waals surface area contributed by atoms with E-state index in [0.29, 0.717) is 24.7 Å². The van der Waals surface area contributed by atoms with Crippen LogP contribution >= 0.6 is 0 Å². The molecule has 0 spiro atoms. The molecule has 1 aromatic carbocycles. The Morgan fingerprint density at radius 3 is 2.81 bits per heavy atom. The summed E-state index contributed by atoms with van der Waals surface area (Å²) in [6.45, 7) is 3.07. The zero-order valence-corrected chi connectivity index (χ0v) is 22.2. The van der Waals surface area contributed by atoms with E-state index >= 15 is 0 Å². The van der Waals surface area contributed by atoms with E-state index in [2.05, 4.69) is 40.0 Å². The van der Waals surface area contributed by atoms with Gasteiger partial charge in [0.05, 0.1) is 18.7 Å². The number of carboxylic acids is 1. The van der Waals surface area contributed by atoms with Gasteiger partial charge in [-0.1, -0.05) is 0 Å². The van der Waals surface area contributed by atoms with Crippen molar-refractivity contribution in [1.29, 1.82) is 0 Å². The number of nitrogens with zero attached hydrogens (tertiary/aromatic N) is 3. The predicted octanol–water partition coefficient (Wildman–Crippen LogP) is 5.22. The van der Waals surface area contributed by atoms with Gasteiger partial charge >= 0.3 is 5.97 Å². The minimum atomic E-state index is -0.726. The van der Waals surface area contributed by atoms with E-state index in [1.54, 1.807) is 13.3 Å². The summed E-state index contributed by atoms with van der Waals surface area (Å²) in [6.07, 6.45) is 12.4. The molecule has 2 aromatic heterocycles. The van der Waals surface area contributed by atoms with Crippen LogP contribution in [0.2, 0.25) is 0 Å². The maximum atomic E-state index is 11.3. The Morgan fingerprint density at radius 1 is 1.19 bits per heavy atom. The Bertz CT molecular complexity index is 1160. The molecule has 37 heavy (non-hydrogen) atoms. The van der Waals surface area contributed by atoms with Gasteiger partial charge in [0.1, 0.15) is 5.75 Å². The molecule has 0 aliphatic carbocycles. The minimum absolute atomic E-state index is 0.209. The van der Waals surface area contributed by atoms with Gasteiger partial charge in [0, 0.05) is 44.0 Å². The Balaban J connectivity index is 1.32. The van der Waals surface area contributed by atoms with Crippen LogP contribution in [-0.2, 0) is 18.3 Å². The van der Waals surface area contributed by atoms with Crippen LogP contribution in [-0.4, -0.2) is 57.4 Å². The molecule has 3 atom stereocenters. The number of piperidine rings is 1. The van der Waals surface area contributed by atoms with Gasteiger partial charge in [-0.15, -0.1) is 0 Å². The average Bonchev–Trinajstić information content (AvgIpc) is 3.33. The number of unbranched alkanes of at least 4 members (excludes halogenated alkanes) is 1. The number of carboxylic acid groups (broad SMARTS) is 1. The van der Waals surface area contributed by atoms with Gasteiger partial charge < -0.3 is 24.4 Å². The topological polar surface area (TPSA) is 87.8 Å². The van der Waals surface area contributed by atoms with E-state index in [1.807, 2.05) is 24.3 Å². The molecule has 0 bridgehead atoms. The molecule has 200 valence electrons. The highest BCUT2D eigenvalue weighted by atomic mass is 16.5. The minimum Gasteiger partial charge on any atom is -0.497 e. The second kappa shape index (κ2) is 13.1. The number of aliphatic hydroxyl groups is 1. The van der Waals surface area contributed by atoms with Gasteiger partial charge in [-0.2, -0.15) is 0 Å². The number of aliphatic carboxylic acids is 1. The van der Waals surface area contributed by atoms with Crippen LogP contribution in [0.3, 0.4) is 0 Å². The summed E-state index contributed by atoms with van der Waals surface area (Å²) >= 11 is 0. The fraction of sp³-hybridized carbons (Fsp3) is 0.533. The number of rotatable bonds is 13. The Hall–Kier alpha value is -2.90. The van der Waals surface area contributed by atoms with Gasteiger partial charge in [-0.25, -0.2) is 0 Å². The molecule has 7 nitrogen and oxygen atoms in total. The van der Waals surface area contributed by atoms with Crippen LogP contribution in [0.15, 0.2) is 48.9 Å². The van der Waals surface area contributed by atoms with Crippen LogP contribution in [0, 0.1) is 11.8 Å². The van der Waals surface area contributed by atoms with E-state index in [0.717, 1.165) is 67.5 Å². The first-order chi connectivity index (χ1) is 17.9. The average molecular weight is 508 g/mol. The quantitative estimate of drug-likeness (QED) is 0.308. The van der Waals surface area contributed by atoms with Crippen molar-refractivity contribution in [2.24, 2.45) is 18.9 Å². The Kier molecular flexibility index (Phi) is 9.58. The van der Waals surface area contributed by atoms with Crippen molar-refractivity contribution in [2.45, 2.75) is 57.5 Å². The van der Waals surface area contributed by atoms with Crippen molar-refractivity contribution in [3.8, 4) is 5.75 Å².